The molecule has 6 heteroatoms. The minimum atomic E-state index is -0.625. The van der Waals surface area contributed by atoms with Crippen molar-refractivity contribution in [3.05, 3.63) is 30.3 Å². The zero-order chi connectivity index (χ0) is 16.5. The van der Waals surface area contributed by atoms with Gasteiger partial charge in [-0.15, -0.1) is 0 Å². The van der Waals surface area contributed by atoms with Crippen molar-refractivity contribution in [1.82, 2.24) is 0 Å². The number of hydrogen-bond acceptors (Lipinski definition) is 6. The zero-order valence-corrected chi connectivity index (χ0v) is 14.1. The average Bonchev–Trinajstić information content (AvgIpc) is 2.43. The molecule has 0 heterocycles. The Balaban J connectivity index is 2.54. The van der Waals surface area contributed by atoms with E-state index < -0.39 is 24.1 Å². The number of hydrogen-bond donors (Lipinski definition) is 0. The van der Waals surface area contributed by atoms with Gasteiger partial charge in [-0.1, -0.05) is 30.0 Å². The van der Waals surface area contributed by atoms with Crippen molar-refractivity contribution in [3.63, 3.8) is 0 Å². The Morgan fingerprint density at radius 1 is 1.09 bits per heavy atom. The first-order chi connectivity index (χ1) is 10.4. The predicted octanol–water partition coefficient (Wildman–Crippen LogP) is 3.02. The van der Waals surface area contributed by atoms with Crippen LogP contribution >= 0.6 is 11.8 Å². The standard InChI is InChI=1S/C16H22O5S/c1-11(16(21-13(3)18)10-19-12(2)17)20-14(4)22-15-8-6-5-7-9-15/h5-9,11,14,16H,10H2,1-4H3/t11?,14?,16-/m0/s1. The molecule has 0 N–H and O–H groups in total. The summed E-state index contributed by atoms with van der Waals surface area (Å²) in [5.41, 5.74) is -0.132. The molecule has 0 aliphatic rings. The quantitative estimate of drug-likeness (QED) is 0.416. The lowest BCUT2D eigenvalue weighted by atomic mass is 10.2. The summed E-state index contributed by atoms with van der Waals surface area (Å²) in [6.07, 6.45) is -1.02. The Morgan fingerprint density at radius 2 is 1.73 bits per heavy atom. The van der Waals surface area contributed by atoms with E-state index in [1.54, 1.807) is 18.7 Å². The Hall–Kier alpha value is -1.53. The van der Waals surface area contributed by atoms with Crippen molar-refractivity contribution >= 4 is 23.7 Å². The van der Waals surface area contributed by atoms with Gasteiger partial charge in [0.25, 0.3) is 0 Å². The van der Waals surface area contributed by atoms with E-state index in [9.17, 15) is 9.59 Å². The molecule has 0 aromatic heterocycles. The molecule has 0 saturated carbocycles. The van der Waals surface area contributed by atoms with Crippen LogP contribution in [0, 0.1) is 0 Å². The minimum Gasteiger partial charge on any atom is -0.462 e. The molecule has 0 aliphatic heterocycles. The lowest BCUT2D eigenvalue weighted by Crippen LogP contribution is -2.36. The Kier molecular flexibility index (Phi) is 7.98. The summed E-state index contributed by atoms with van der Waals surface area (Å²) in [5.74, 6) is -0.855. The van der Waals surface area contributed by atoms with Gasteiger partial charge in [-0.05, 0) is 26.0 Å². The second-order valence-electron chi connectivity index (χ2n) is 4.79. The van der Waals surface area contributed by atoms with Crippen molar-refractivity contribution in [2.75, 3.05) is 6.61 Å². The number of rotatable bonds is 8. The lowest BCUT2D eigenvalue weighted by Gasteiger charge is -2.26. The molecule has 0 fully saturated rings. The maximum Gasteiger partial charge on any atom is 0.303 e. The molecule has 122 valence electrons. The molecule has 0 aliphatic carbocycles. The van der Waals surface area contributed by atoms with E-state index >= 15 is 0 Å². The maximum absolute atomic E-state index is 11.2. The van der Waals surface area contributed by atoms with Gasteiger partial charge in [-0.2, -0.15) is 0 Å². The number of carbonyl (C=O) groups excluding carboxylic acids is 2. The van der Waals surface area contributed by atoms with Crippen molar-refractivity contribution in [3.8, 4) is 0 Å². The third kappa shape index (κ3) is 7.47. The maximum atomic E-state index is 11.2. The first-order valence-electron chi connectivity index (χ1n) is 7.06. The molecule has 2 unspecified atom stereocenters. The van der Waals surface area contributed by atoms with Crippen LogP contribution in [0.4, 0.5) is 0 Å². The summed E-state index contributed by atoms with van der Waals surface area (Å²) in [4.78, 5) is 23.2. The summed E-state index contributed by atoms with van der Waals surface area (Å²) in [5, 5.41) is 0. The lowest BCUT2D eigenvalue weighted by molar-refractivity contribution is -0.166. The fourth-order valence-electron chi connectivity index (χ4n) is 1.79. The Labute approximate surface area is 135 Å². The van der Waals surface area contributed by atoms with Crippen LogP contribution in [0.1, 0.15) is 27.7 Å². The highest BCUT2D eigenvalue weighted by molar-refractivity contribution is 7.99. The largest absolute Gasteiger partial charge is 0.462 e. The molecule has 0 bridgehead atoms. The smallest absolute Gasteiger partial charge is 0.303 e. The number of carbonyl (C=O) groups is 2. The van der Waals surface area contributed by atoms with E-state index in [1.807, 2.05) is 37.3 Å². The van der Waals surface area contributed by atoms with Crippen LogP contribution in [0.3, 0.4) is 0 Å². The molecule has 1 aromatic rings. The molecule has 0 amide bonds. The molecular formula is C16H22O5S. The SMILES string of the molecule is CC(=O)OC[C@H](OC(C)=O)C(C)OC(C)Sc1ccccc1. The van der Waals surface area contributed by atoms with Gasteiger partial charge in [0, 0.05) is 18.7 Å². The van der Waals surface area contributed by atoms with E-state index in [0.29, 0.717) is 0 Å². The van der Waals surface area contributed by atoms with Gasteiger partial charge in [-0.3, -0.25) is 9.59 Å². The van der Waals surface area contributed by atoms with Gasteiger partial charge in [0.05, 0.1) is 6.10 Å². The van der Waals surface area contributed by atoms with Crippen LogP contribution in [-0.4, -0.2) is 36.2 Å². The van der Waals surface area contributed by atoms with Crippen LogP contribution in [-0.2, 0) is 23.8 Å². The molecule has 1 rings (SSSR count). The summed E-state index contributed by atoms with van der Waals surface area (Å²) in [6.45, 7) is 6.32. The Bertz CT molecular complexity index is 477. The van der Waals surface area contributed by atoms with E-state index in [1.165, 1.54) is 13.8 Å². The molecule has 0 radical (unpaired) electrons. The third-order valence-electron chi connectivity index (χ3n) is 2.74. The highest BCUT2D eigenvalue weighted by Gasteiger charge is 2.24. The van der Waals surface area contributed by atoms with E-state index in [4.69, 9.17) is 14.2 Å². The van der Waals surface area contributed by atoms with Gasteiger partial charge in [0.15, 0.2) is 6.10 Å². The minimum absolute atomic E-state index is 0.0151. The molecule has 5 nitrogen and oxygen atoms in total. The van der Waals surface area contributed by atoms with Crippen molar-refractivity contribution in [1.29, 1.82) is 0 Å². The van der Waals surface area contributed by atoms with Gasteiger partial charge in [0.2, 0.25) is 0 Å². The van der Waals surface area contributed by atoms with Gasteiger partial charge in [-0.25, -0.2) is 0 Å². The number of esters is 2. The molecule has 3 atom stereocenters. The van der Waals surface area contributed by atoms with E-state index in [-0.39, 0.29) is 12.0 Å². The summed E-state index contributed by atoms with van der Waals surface area (Å²) < 4.78 is 15.9. The first-order valence-corrected chi connectivity index (χ1v) is 7.94. The van der Waals surface area contributed by atoms with Crippen molar-refractivity contribution < 1.29 is 23.8 Å². The van der Waals surface area contributed by atoms with Crippen LogP contribution in [0.15, 0.2) is 35.2 Å². The number of thioether (sulfide) groups is 1. The molecule has 0 spiro atoms. The monoisotopic (exact) mass is 326 g/mol. The van der Waals surface area contributed by atoms with E-state index in [2.05, 4.69) is 0 Å². The third-order valence-corrected chi connectivity index (χ3v) is 3.73. The van der Waals surface area contributed by atoms with Crippen LogP contribution in [0.25, 0.3) is 0 Å². The second kappa shape index (κ2) is 9.48. The number of ether oxygens (including phenoxy) is 3. The van der Waals surface area contributed by atoms with Gasteiger partial charge >= 0.3 is 11.9 Å². The fraction of sp³-hybridized carbons (Fsp3) is 0.500. The summed E-state index contributed by atoms with van der Waals surface area (Å²) in [7, 11) is 0. The van der Waals surface area contributed by atoms with Crippen molar-refractivity contribution in [2.45, 2.75) is 50.2 Å². The number of benzene rings is 1. The predicted molar refractivity (Wildman–Crippen MR) is 84.5 cm³/mol. The average molecular weight is 326 g/mol. The highest BCUT2D eigenvalue weighted by Crippen LogP contribution is 2.25. The molecule has 1 aromatic carbocycles. The zero-order valence-electron chi connectivity index (χ0n) is 13.3. The van der Waals surface area contributed by atoms with E-state index in [0.717, 1.165) is 4.90 Å². The Morgan fingerprint density at radius 3 is 2.27 bits per heavy atom. The highest BCUT2D eigenvalue weighted by atomic mass is 32.2. The molecular weight excluding hydrogens is 304 g/mol. The van der Waals surface area contributed by atoms with Crippen molar-refractivity contribution in [2.24, 2.45) is 0 Å². The fourth-order valence-corrected chi connectivity index (χ4v) is 2.71. The second-order valence-corrected chi connectivity index (χ2v) is 6.16. The molecule has 22 heavy (non-hydrogen) atoms. The first kappa shape index (κ1) is 18.5. The topological polar surface area (TPSA) is 61.8 Å². The van der Waals surface area contributed by atoms with Crippen LogP contribution < -0.4 is 0 Å². The summed E-state index contributed by atoms with van der Waals surface area (Å²) in [6, 6.07) is 9.87. The van der Waals surface area contributed by atoms with Crippen LogP contribution in [0.2, 0.25) is 0 Å². The summed E-state index contributed by atoms with van der Waals surface area (Å²) >= 11 is 1.56. The normalized spacial score (nSPS) is 14.7. The van der Waals surface area contributed by atoms with Gasteiger partial charge in [0.1, 0.15) is 12.0 Å². The van der Waals surface area contributed by atoms with Crippen LogP contribution in [0.5, 0.6) is 0 Å². The van der Waals surface area contributed by atoms with Gasteiger partial charge < -0.3 is 14.2 Å². The molecule has 0 saturated heterocycles.